The fourth-order valence-corrected chi connectivity index (χ4v) is 2.08. The average Bonchev–Trinajstić information content (AvgIpc) is 2.53. The summed E-state index contributed by atoms with van der Waals surface area (Å²) in [5, 5.41) is 3.13. The number of benzene rings is 1. The van der Waals surface area contributed by atoms with Gasteiger partial charge >= 0.3 is 5.97 Å². The third-order valence-corrected chi connectivity index (χ3v) is 3.17. The van der Waals surface area contributed by atoms with Crippen LogP contribution >= 0.6 is 11.6 Å². The van der Waals surface area contributed by atoms with E-state index in [9.17, 15) is 4.79 Å². The van der Waals surface area contributed by atoms with Crippen LogP contribution in [0.5, 0.6) is 0 Å². The topological polar surface area (TPSA) is 90.1 Å². The predicted molar refractivity (Wildman–Crippen MR) is 84.4 cm³/mol. The standard InChI is InChI=1S/C15H17ClN4O2/c1-2-22-14(21)12(10-6-4-3-5-7-10)19-13-11(8-17)9-18-15(16)20-13/h3-7,9,12H,2,8,17H2,1H3,(H,18,19,20). The van der Waals surface area contributed by atoms with Gasteiger partial charge in [-0.15, -0.1) is 0 Å². The van der Waals surface area contributed by atoms with Crippen molar-refractivity contribution in [1.82, 2.24) is 9.97 Å². The van der Waals surface area contributed by atoms with E-state index in [2.05, 4.69) is 15.3 Å². The van der Waals surface area contributed by atoms with Crippen molar-refractivity contribution in [1.29, 1.82) is 0 Å². The lowest BCUT2D eigenvalue weighted by molar-refractivity contribution is -0.144. The van der Waals surface area contributed by atoms with Gasteiger partial charge in [-0.2, -0.15) is 0 Å². The van der Waals surface area contributed by atoms with E-state index in [1.54, 1.807) is 6.92 Å². The van der Waals surface area contributed by atoms with Crippen LogP contribution in [0.2, 0.25) is 5.28 Å². The summed E-state index contributed by atoms with van der Waals surface area (Å²) in [7, 11) is 0. The molecular weight excluding hydrogens is 304 g/mol. The van der Waals surface area contributed by atoms with Crippen molar-refractivity contribution in [2.24, 2.45) is 5.73 Å². The summed E-state index contributed by atoms with van der Waals surface area (Å²) in [5.41, 5.74) is 7.09. The molecule has 2 aromatic rings. The van der Waals surface area contributed by atoms with Gasteiger partial charge in [0.05, 0.1) is 6.61 Å². The van der Waals surface area contributed by atoms with Gasteiger partial charge in [-0.25, -0.2) is 14.8 Å². The molecule has 0 amide bonds. The highest BCUT2D eigenvalue weighted by Crippen LogP contribution is 2.23. The molecule has 0 bridgehead atoms. The van der Waals surface area contributed by atoms with Gasteiger partial charge in [0.15, 0.2) is 6.04 Å². The van der Waals surface area contributed by atoms with Crippen LogP contribution in [0.4, 0.5) is 5.82 Å². The molecular formula is C15H17ClN4O2. The number of carbonyl (C=O) groups excluding carboxylic acids is 1. The van der Waals surface area contributed by atoms with Crippen LogP contribution in [0.3, 0.4) is 0 Å². The van der Waals surface area contributed by atoms with Gasteiger partial charge in [0.2, 0.25) is 5.28 Å². The molecule has 6 nitrogen and oxygen atoms in total. The summed E-state index contributed by atoms with van der Waals surface area (Å²) in [6, 6.07) is 8.54. The maximum absolute atomic E-state index is 12.2. The molecule has 116 valence electrons. The van der Waals surface area contributed by atoms with Crippen molar-refractivity contribution >= 4 is 23.4 Å². The minimum Gasteiger partial charge on any atom is -0.464 e. The third kappa shape index (κ3) is 3.93. The second kappa shape index (κ2) is 7.72. The van der Waals surface area contributed by atoms with Crippen LogP contribution in [0, 0.1) is 0 Å². The zero-order valence-electron chi connectivity index (χ0n) is 12.1. The summed E-state index contributed by atoms with van der Waals surface area (Å²) in [4.78, 5) is 20.2. The normalized spacial score (nSPS) is 11.8. The second-order valence-electron chi connectivity index (χ2n) is 4.46. The van der Waals surface area contributed by atoms with Crippen molar-refractivity contribution < 1.29 is 9.53 Å². The van der Waals surface area contributed by atoms with Gasteiger partial charge in [-0.1, -0.05) is 30.3 Å². The first-order chi connectivity index (χ1) is 10.7. The average molecular weight is 321 g/mol. The Hall–Kier alpha value is -2.18. The number of aromatic nitrogens is 2. The number of esters is 1. The van der Waals surface area contributed by atoms with Crippen LogP contribution in [-0.4, -0.2) is 22.5 Å². The van der Waals surface area contributed by atoms with E-state index in [0.29, 0.717) is 11.4 Å². The maximum Gasteiger partial charge on any atom is 0.333 e. The van der Waals surface area contributed by atoms with Gasteiger partial charge in [0.25, 0.3) is 0 Å². The van der Waals surface area contributed by atoms with E-state index in [0.717, 1.165) is 5.56 Å². The molecule has 0 fully saturated rings. The molecule has 1 heterocycles. The van der Waals surface area contributed by atoms with Crippen LogP contribution in [-0.2, 0) is 16.1 Å². The van der Waals surface area contributed by atoms with E-state index in [4.69, 9.17) is 22.1 Å². The zero-order chi connectivity index (χ0) is 15.9. The molecule has 1 atom stereocenters. The fraction of sp³-hybridized carbons (Fsp3) is 0.267. The Morgan fingerprint density at radius 2 is 2.14 bits per heavy atom. The summed E-state index contributed by atoms with van der Waals surface area (Å²) >= 11 is 5.82. The summed E-state index contributed by atoms with van der Waals surface area (Å²) < 4.78 is 5.13. The molecule has 3 N–H and O–H groups in total. The Labute approximate surface area is 133 Å². The lowest BCUT2D eigenvalue weighted by Crippen LogP contribution is -2.25. The van der Waals surface area contributed by atoms with Crippen molar-refractivity contribution in [2.45, 2.75) is 19.5 Å². The molecule has 22 heavy (non-hydrogen) atoms. The lowest BCUT2D eigenvalue weighted by atomic mass is 10.1. The first-order valence-corrected chi connectivity index (χ1v) is 7.23. The van der Waals surface area contributed by atoms with E-state index in [1.807, 2.05) is 30.3 Å². The molecule has 0 aliphatic heterocycles. The Morgan fingerprint density at radius 1 is 1.41 bits per heavy atom. The third-order valence-electron chi connectivity index (χ3n) is 2.99. The van der Waals surface area contributed by atoms with E-state index >= 15 is 0 Å². The molecule has 0 spiro atoms. The van der Waals surface area contributed by atoms with Crippen LogP contribution in [0.15, 0.2) is 36.5 Å². The van der Waals surface area contributed by atoms with E-state index in [1.165, 1.54) is 6.20 Å². The molecule has 7 heteroatoms. The molecule has 0 radical (unpaired) electrons. The summed E-state index contributed by atoms with van der Waals surface area (Å²) in [5.74, 6) is 0.0239. The first kappa shape index (κ1) is 16.2. The molecule has 0 aliphatic carbocycles. The number of hydrogen-bond acceptors (Lipinski definition) is 6. The number of nitrogens with one attached hydrogen (secondary N) is 1. The first-order valence-electron chi connectivity index (χ1n) is 6.85. The maximum atomic E-state index is 12.2. The van der Waals surface area contributed by atoms with Crippen molar-refractivity contribution in [3.05, 3.63) is 52.9 Å². The Morgan fingerprint density at radius 3 is 2.77 bits per heavy atom. The molecule has 1 aromatic carbocycles. The molecule has 0 saturated carbocycles. The fourth-order valence-electron chi connectivity index (χ4n) is 1.95. The highest BCUT2D eigenvalue weighted by atomic mass is 35.5. The quantitative estimate of drug-likeness (QED) is 0.627. The number of ether oxygens (including phenoxy) is 1. The number of nitrogens with two attached hydrogens (primary N) is 1. The van der Waals surface area contributed by atoms with Gasteiger partial charge in [-0.3, -0.25) is 0 Å². The minimum absolute atomic E-state index is 0.0790. The number of nitrogens with zero attached hydrogens (tertiary/aromatic N) is 2. The minimum atomic E-state index is -0.697. The van der Waals surface area contributed by atoms with Gasteiger partial charge in [-0.05, 0) is 24.1 Å². The number of halogens is 1. The largest absolute Gasteiger partial charge is 0.464 e. The molecule has 2 rings (SSSR count). The van der Waals surface area contributed by atoms with Crippen molar-refractivity contribution in [3.8, 4) is 0 Å². The highest BCUT2D eigenvalue weighted by Gasteiger charge is 2.23. The Bertz CT molecular complexity index is 637. The molecule has 1 unspecified atom stereocenters. The van der Waals surface area contributed by atoms with Crippen LogP contribution in [0.25, 0.3) is 0 Å². The smallest absolute Gasteiger partial charge is 0.333 e. The number of hydrogen-bond donors (Lipinski definition) is 2. The monoisotopic (exact) mass is 320 g/mol. The predicted octanol–water partition coefficient (Wildman–Crippen LogP) is 2.31. The lowest BCUT2D eigenvalue weighted by Gasteiger charge is -2.19. The summed E-state index contributed by atoms with van der Waals surface area (Å²) in [6.45, 7) is 2.27. The molecule has 1 aromatic heterocycles. The van der Waals surface area contributed by atoms with Gasteiger partial charge in [0, 0.05) is 18.3 Å². The number of rotatable bonds is 6. The van der Waals surface area contributed by atoms with E-state index < -0.39 is 12.0 Å². The number of anilines is 1. The van der Waals surface area contributed by atoms with Crippen LogP contribution < -0.4 is 11.1 Å². The highest BCUT2D eigenvalue weighted by molar-refractivity contribution is 6.28. The zero-order valence-corrected chi connectivity index (χ0v) is 12.9. The second-order valence-corrected chi connectivity index (χ2v) is 4.80. The van der Waals surface area contributed by atoms with Gasteiger partial charge in [0.1, 0.15) is 5.82 Å². The van der Waals surface area contributed by atoms with Crippen molar-refractivity contribution in [3.63, 3.8) is 0 Å². The molecule has 0 saturated heterocycles. The molecule has 0 aliphatic rings. The Kier molecular flexibility index (Phi) is 5.68. The van der Waals surface area contributed by atoms with Crippen molar-refractivity contribution in [2.75, 3.05) is 11.9 Å². The SMILES string of the molecule is CCOC(=O)C(Nc1nc(Cl)ncc1CN)c1ccccc1. The van der Waals surface area contributed by atoms with Crippen LogP contribution in [0.1, 0.15) is 24.1 Å². The van der Waals surface area contributed by atoms with E-state index in [-0.39, 0.29) is 18.4 Å². The Balaban J connectivity index is 2.35. The van der Waals surface area contributed by atoms with Gasteiger partial charge < -0.3 is 15.8 Å². The number of carbonyl (C=O) groups is 1. The summed E-state index contributed by atoms with van der Waals surface area (Å²) in [6.07, 6.45) is 1.53.